The molecule has 0 unspecified atom stereocenters. The maximum absolute atomic E-state index is 6.12. The van der Waals surface area contributed by atoms with Gasteiger partial charge in [-0.25, -0.2) is 10.1 Å². The lowest BCUT2D eigenvalue weighted by Gasteiger charge is -2.06. The van der Waals surface area contributed by atoms with Crippen molar-refractivity contribution in [3.05, 3.63) is 59.1 Å². The smallest absolute Gasteiger partial charge is 0.210 e. The Balaban J connectivity index is 1.48. The van der Waals surface area contributed by atoms with E-state index in [4.69, 9.17) is 21.1 Å². The number of hydrogen-bond acceptors (Lipinski definition) is 4. The van der Waals surface area contributed by atoms with E-state index in [1.807, 2.05) is 48.5 Å². The van der Waals surface area contributed by atoms with Gasteiger partial charge in [-0.3, -0.25) is 0 Å². The number of methoxy groups -OCH3 is 1. The number of fused-ring (bicyclic) bond motifs is 1. The van der Waals surface area contributed by atoms with Gasteiger partial charge >= 0.3 is 0 Å². The van der Waals surface area contributed by atoms with Crippen LogP contribution in [0.5, 0.6) is 11.6 Å². The molecule has 0 aliphatic carbocycles. The summed E-state index contributed by atoms with van der Waals surface area (Å²) in [4.78, 5) is 7.76. The van der Waals surface area contributed by atoms with Gasteiger partial charge in [0, 0.05) is 6.07 Å². The fourth-order valence-corrected chi connectivity index (χ4v) is 2.81. The van der Waals surface area contributed by atoms with Crippen molar-refractivity contribution < 1.29 is 9.47 Å². The molecule has 0 radical (unpaired) electrons. The summed E-state index contributed by atoms with van der Waals surface area (Å²) >= 11 is 6.12. The number of rotatable bonds is 5. The molecule has 6 nitrogen and oxygen atoms in total. The van der Waals surface area contributed by atoms with Crippen molar-refractivity contribution in [3.8, 4) is 23.1 Å². The van der Waals surface area contributed by atoms with Gasteiger partial charge in [0.2, 0.25) is 5.88 Å². The van der Waals surface area contributed by atoms with Crippen LogP contribution < -0.4 is 9.47 Å². The molecule has 4 rings (SSSR count). The predicted octanol–water partition coefficient (Wildman–Crippen LogP) is 4.19. The van der Waals surface area contributed by atoms with Gasteiger partial charge in [-0.1, -0.05) is 29.8 Å². The number of hydrogen-bond donors (Lipinski definition) is 2. The monoisotopic (exact) mass is 354 g/mol. The predicted molar refractivity (Wildman–Crippen MR) is 96.0 cm³/mol. The molecule has 0 saturated carbocycles. The van der Waals surface area contributed by atoms with Crippen LogP contribution >= 0.6 is 11.6 Å². The number of aromatic nitrogens is 4. The largest absolute Gasteiger partial charge is 0.495 e. The van der Waals surface area contributed by atoms with Crippen LogP contribution in [-0.2, 0) is 6.61 Å². The zero-order chi connectivity index (χ0) is 17.2. The molecule has 126 valence electrons. The Bertz CT molecular complexity index is 992. The minimum Gasteiger partial charge on any atom is -0.495 e. The van der Waals surface area contributed by atoms with Gasteiger partial charge in [-0.2, -0.15) is 5.10 Å². The van der Waals surface area contributed by atoms with E-state index in [-0.39, 0.29) is 0 Å². The van der Waals surface area contributed by atoms with Crippen LogP contribution in [0.1, 0.15) is 5.56 Å². The fourth-order valence-electron chi connectivity index (χ4n) is 2.53. The number of nitrogens with zero attached hydrogens (tertiary/aromatic N) is 2. The average Bonchev–Trinajstić information content (AvgIpc) is 3.26. The molecule has 4 aromatic rings. The van der Waals surface area contributed by atoms with Crippen molar-refractivity contribution >= 4 is 22.6 Å². The topological polar surface area (TPSA) is 75.8 Å². The van der Waals surface area contributed by atoms with Gasteiger partial charge in [0.15, 0.2) is 5.82 Å². The second-order valence-corrected chi connectivity index (χ2v) is 5.88. The molecule has 7 heteroatoms. The van der Waals surface area contributed by atoms with Crippen LogP contribution in [0, 0.1) is 0 Å². The molecule has 0 spiro atoms. The van der Waals surface area contributed by atoms with E-state index in [0.29, 0.717) is 34.8 Å². The molecule has 2 N–H and O–H groups in total. The Morgan fingerprint density at radius 3 is 2.80 bits per heavy atom. The Morgan fingerprint density at radius 1 is 1.12 bits per heavy atom. The number of benzene rings is 2. The minimum atomic E-state index is 0.367. The van der Waals surface area contributed by atoms with E-state index < -0.39 is 0 Å². The first-order valence-corrected chi connectivity index (χ1v) is 8.06. The lowest BCUT2D eigenvalue weighted by molar-refractivity contribution is 0.293. The zero-order valence-electron chi connectivity index (χ0n) is 13.4. The van der Waals surface area contributed by atoms with Gasteiger partial charge in [-0.15, -0.1) is 0 Å². The third-order valence-electron chi connectivity index (χ3n) is 3.80. The highest BCUT2D eigenvalue weighted by molar-refractivity contribution is 6.32. The SMILES string of the molecule is COc1ccc(COc2cc(-c3nc4ccccc4[nH]3)n[nH]2)cc1Cl. The summed E-state index contributed by atoms with van der Waals surface area (Å²) in [7, 11) is 1.58. The second-order valence-electron chi connectivity index (χ2n) is 5.48. The molecule has 0 fully saturated rings. The number of para-hydroxylation sites is 2. The third-order valence-corrected chi connectivity index (χ3v) is 4.09. The molecular weight excluding hydrogens is 340 g/mol. The molecule has 0 aliphatic rings. The van der Waals surface area contributed by atoms with E-state index in [2.05, 4.69) is 20.2 Å². The maximum atomic E-state index is 6.12. The molecule has 0 aliphatic heterocycles. The van der Waals surface area contributed by atoms with Gasteiger partial charge in [0.05, 0.1) is 23.2 Å². The van der Waals surface area contributed by atoms with Gasteiger partial charge in [-0.05, 0) is 29.8 Å². The summed E-state index contributed by atoms with van der Waals surface area (Å²) in [5.41, 5.74) is 3.50. The molecule has 0 bridgehead atoms. The van der Waals surface area contributed by atoms with Crippen LogP contribution in [-0.4, -0.2) is 27.3 Å². The highest BCUT2D eigenvalue weighted by atomic mass is 35.5. The van der Waals surface area contributed by atoms with Crippen molar-refractivity contribution in [1.82, 2.24) is 20.2 Å². The third kappa shape index (κ3) is 3.16. The van der Waals surface area contributed by atoms with Crippen LogP contribution in [0.3, 0.4) is 0 Å². The summed E-state index contributed by atoms with van der Waals surface area (Å²) in [6.07, 6.45) is 0. The first-order chi connectivity index (χ1) is 12.2. The second kappa shape index (κ2) is 6.49. The molecule has 2 aromatic heterocycles. The summed E-state index contributed by atoms with van der Waals surface area (Å²) in [6.45, 7) is 0.367. The molecule has 0 atom stereocenters. The summed E-state index contributed by atoms with van der Waals surface area (Å²) < 4.78 is 10.9. The van der Waals surface area contributed by atoms with Crippen molar-refractivity contribution in [2.45, 2.75) is 6.61 Å². The summed E-state index contributed by atoms with van der Waals surface area (Å²) in [6, 6.07) is 15.2. The zero-order valence-corrected chi connectivity index (χ0v) is 14.2. The van der Waals surface area contributed by atoms with E-state index in [9.17, 15) is 0 Å². The fraction of sp³-hybridized carbons (Fsp3) is 0.111. The van der Waals surface area contributed by atoms with E-state index in [1.165, 1.54) is 0 Å². The Labute approximate surface area is 148 Å². The first-order valence-electron chi connectivity index (χ1n) is 7.68. The number of H-pyrrole nitrogens is 2. The Morgan fingerprint density at radius 2 is 2.00 bits per heavy atom. The van der Waals surface area contributed by atoms with Gasteiger partial charge in [0.1, 0.15) is 18.1 Å². The maximum Gasteiger partial charge on any atom is 0.210 e. The lowest BCUT2D eigenvalue weighted by Crippen LogP contribution is -1.96. The van der Waals surface area contributed by atoms with Gasteiger partial charge in [0.25, 0.3) is 0 Å². The number of nitrogens with one attached hydrogen (secondary N) is 2. The first kappa shape index (κ1) is 15.5. The molecule has 0 saturated heterocycles. The van der Waals surface area contributed by atoms with Crippen LogP contribution in [0.4, 0.5) is 0 Å². The van der Waals surface area contributed by atoms with Gasteiger partial charge < -0.3 is 14.5 Å². The normalized spacial score (nSPS) is 11.0. The van der Waals surface area contributed by atoms with Crippen LogP contribution in [0.2, 0.25) is 5.02 Å². The summed E-state index contributed by atoms with van der Waals surface area (Å²) in [5.74, 6) is 1.89. The highest BCUT2D eigenvalue weighted by Crippen LogP contribution is 2.26. The van der Waals surface area contributed by atoms with E-state index >= 15 is 0 Å². The van der Waals surface area contributed by atoms with Crippen molar-refractivity contribution in [1.29, 1.82) is 0 Å². The Kier molecular flexibility index (Phi) is 4.03. The minimum absolute atomic E-state index is 0.367. The summed E-state index contributed by atoms with van der Waals surface area (Å²) in [5, 5.41) is 7.67. The molecule has 25 heavy (non-hydrogen) atoms. The molecular formula is C18H15ClN4O2. The number of halogens is 1. The molecule has 0 amide bonds. The van der Waals surface area contributed by atoms with Crippen LogP contribution in [0.25, 0.3) is 22.6 Å². The molecule has 2 aromatic carbocycles. The highest BCUT2D eigenvalue weighted by Gasteiger charge is 2.10. The van der Waals surface area contributed by atoms with Crippen molar-refractivity contribution in [2.24, 2.45) is 0 Å². The van der Waals surface area contributed by atoms with E-state index in [0.717, 1.165) is 16.6 Å². The average molecular weight is 355 g/mol. The van der Waals surface area contributed by atoms with Crippen molar-refractivity contribution in [3.63, 3.8) is 0 Å². The lowest BCUT2D eigenvalue weighted by atomic mass is 10.2. The number of aromatic amines is 2. The Hall–Kier alpha value is -2.99. The van der Waals surface area contributed by atoms with Crippen molar-refractivity contribution in [2.75, 3.05) is 7.11 Å². The standard InChI is InChI=1S/C18H15ClN4O2/c1-24-16-7-6-11(8-12(16)19)10-25-17-9-15(22-23-17)18-20-13-4-2-3-5-14(13)21-18/h2-9H,10H2,1H3,(H,20,21)(H,22,23). The molecule has 2 heterocycles. The number of ether oxygens (including phenoxy) is 2. The van der Waals surface area contributed by atoms with E-state index in [1.54, 1.807) is 7.11 Å². The number of imidazole rings is 1. The van der Waals surface area contributed by atoms with Crippen LogP contribution in [0.15, 0.2) is 48.5 Å². The quantitative estimate of drug-likeness (QED) is 0.563.